The van der Waals surface area contributed by atoms with E-state index in [2.05, 4.69) is 10.2 Å². The summed E-state index contributed by atoms with van der Waals surface area (Å²) in [6.07, 6.45) is 3.65. The van der Waals surface area contributed by atoms with Crippen LogP contribution >= 0.6 is 0 Å². The van der Waals surface area contributed by atoms with Crippen LogP contribution in [0.1, 0.15) is 19.3 Å². The average molecular weight is 141 g/mol. The summed E-state index contributed by atoms with van der Waals surface area (Å²) in [5, 5.41) is 7.87. The SMILES string of the molecule is NCCCCC1CN=NC1. The monoisotopic (exact) mass is 141 g/mol. The molecule has 0 saturated heterocycles. The summed E-state index contributed by atoms with van der Waals surface area (Å²) < 4.78 is 0. The number of nitrogens with zero attached hydrogens (tertiary/aromatic N) is 2. The third-order valence-corrected chi connectivity index (χ3v) is 1.85. The number of azo groups is 1. The van der Waals surface area contributed by atoms with Crippen molar-refractivity contribution in [3.05, 3.63) is 0 Å². The molecule has 0 fully saturated rings. The van der Waals surface area contributed by atoms with Gasteiger partial charge in [-0.3, -0.25) is 0 Å². The van der Waals surface area contributed by atoms with E-state index >= 15 is 0 Å². The van der Waals surface area contributed by atoms with E-state index in [0.29, 0.717) is 0 Å². The smallest absolute Gasteiger partial charge is 0.0645 e. The fourth-order valence-electron chi connectivity index (χ4n) is 1.16. The lowest BCUT2D eigenvalue weighted by Crippen LogP contribution is -2.05. The van der Waals surface area contributed by atoms with Gasteiger partial charge in [0.2, 0.25) is 0 Å². The summed E-state index contributed by atoms with van der Waals surface area (Å²) in [6.45, 7) is 2.72. The van der Waals surface area contributed by atoms with Crippen LogP contribution in [0.5, 0.6) is 0 Å². The van der Waals surface area contributed by atoms with E-state index in [1.165, 1.54) is 12.8 Å². The van der Waals surface area contributed by atoms with Crippen molar-refractivity contribution >= 4 is 0 Å². The van der Waals surface area contributed by atoms with Crippen molar-refractivity contribution in [2.24, 2.45) is 21.9 Å². The molecule has 1 rings (SSSR count). The maximum absolute atomic E-state index is 5.37. The van der Waals surface area contributed by atoms with Crippen LogP contribution in [0, 0.1) is 5.92 Å². The van der Waals surface area contributed by atoms with Gasteiger partial charge in [-0.05, 0) is 19.4 Å². The van der Waals surface area contributed by atoms with Crippen molar-refractivity contribution in [2.45, 2.75) is 19.3 Å². The molecule has 0 aromatic carbocycles. The van der Waals surface area contributed by atoms with E-state index in [4.69, 9.17) is 5.73 Å². The van der Waals surface area contributed by atoms with Gasteiger partial charge in [0.05, 0.1) is 13.1 Å². The van der Waals surface area contributed by atoms with Crippen molar-refractivity contribution in [1.29, 1.82) is 0 Å². The number of nitrogens with two attached hydrogens (primary N) is 1. The number of hydrogen-bond donors (Lipinski definition) is 1. The zero-order chi connectivity index (χ0) is 7.23. The van der Waals surface area contributed by atoms with Crippen molar-refractivity contribution in [3.63, 3.8) is 0 Å². The Hall–Kier alpha value is -0.440. The highest BCUT2D eigenvalue weighted by Crippen LogP contribution is 2.13. The maximum atomic E-state index is 5.37. The van der Waals surface area contributed by atoms with Crippen LogP contribution in [-0.2, 0) is 0 Å². The second-order valence-corrected chi connectivity index (χ2v) is 2.80. The van der Waals surface area contributed by atoms with E-state index in [1.807, 2.05) is 0 Å². The molecular weight excluding hydrogens is 126 g/mol. The largest absolute Gasteiger partial charge is 0.330 e. The molecule has 3 heteroatoms. The lowest BCUT2D eigenvalue weighted by molar-refractivity contribution is 0.518. The standard InChI is InChI=1S/C7H15N3/c8-4-2-1-3-7-5-9-10-6-7/h7H,1-6,8H2. The molecule has 0 spiro atoms. The highest BCUT2D eigenvalue weighted by atomic mass is 15.1. The van der Waals surface area contributed by atoms with Crippen LogP contribution in [0.2, 0.25) is 0 Å². The molecule has 0 aliphatic carbocycles. The Kier molecular flexibility index (Phi) is 3.36. The van der Waals surface area contributed by atoms with Crippen molar-refractivity contribution < 1.29 is 0 Å². The molecule has 0 amide bonds. The summed E-state index contributed by atoms with van der Waals surface area (Å²) in [6, 6.07) is 0. The number of hydrogen-bond acceptors (Lipinski definition) is 3. The number of unbranched alkanes of at least 4 members (excludes halogenated alkanes) is 1. The zero-order valence-electron chi connectivity index (χ0n) is 6.29. The highest BCUT2D eigenvalue weighted by molar-refractivity contribution is 4.68. The molecule has 0 bridgehead atoms. The topological polar surface area (TPSA) is 50.7 Å². The van der Waals surface area contributed by atoms with Gasteiger partial charge in [0.1, 0.15) is 0 Å². The number of rotatable bonds is 4. The second-order valence-electron chi connectivity index (χ2n) is 2.80. The normalized spacial score (nSPS) is 18.5. The third-order valence-electron chi connectivity index (χ3n) is 1.85. The zero-order valence-corrected chi connectivity index (χ0v) is 6.29. The Morgan fingerprint density at radius 3 is 2.50 bits per heavy atom. The molecule has 1 aliphatic rings. The lowest BCUT2D eigenvalue weighted by atomic mass is 10.0. The van der Waals surface area contributed by atoms with E-state index in [-0.39, 0.29) is 0 Å². The maximum Gasteiger partial charge on any atom is 0.0645 e. The van der Waals surface area contributed by atoms with Gasteiger partial charge in [-0.2, -0.15) is 10.2 Å². The predicted molar refractivity (Wildman–Crippen MR) is 41.0 cm³/mol. The van der Waals surface area contributed by atoms with Crippen LogP contribution < -0.4 is 5.73 Å². The van der Waals surface area contributed by atoms with Gasteiger partial charge in [0, 0.05) is 5.92 Å². The van der Waals surface area contributed by atoms with Crippen molar-refractivity contribution in [1.82, 2.24) is 0 Å². The molecule has 2 N–H and O–H groups in total. The lowest BCUT2D eigenvalue weighted by Gasteiger charge is -2.03. The van der Waals surface area contributed by atoms with E-state index in [1.54, 1.807) is 0 Å². The summed E-state index contributed by atoms with van der Waals surface area (Å²) in [5.41, 5.74) is 5.37. The van der Waals surface area contributed by atoms with Crippen molar-refractivity contribution in [3.8, 4) is 0 Å². The van der Waals surface area contributed by atoms with Crippen LogP contribution in [0.15, 0.2) is 10.2 Å². The fourth-order valence-corrected chi connectivity index (χ4v) is 1.16. The first-order chi connectivity index (χ1) is 4.93. The van der Waals surface area contributed by atoms with Gasteiger partial charge < -0.3 is 5.73 Å². The quantitative estimate of drug-likeness (QED) is 0.587. The summed E-state index contributed by atoms with van der Waals surface area (Å²) >= 11 is 0. The second kappa shape index (κ2) is 4.39. The Bertz CT molecular complexity index is 103. The molecule has 58 valence electrons. The van der Waals surface area contributed by atoms with Gasteiger partial charge >= 0.3 is 0 Å². The average Bonchev–Trinajstić information content (AvgIpc) is 2.41. The van der Waals surface area contributed by atoms with E-state index < -0.39 is 0 Å². The minimum atomic E-state index is 0.728. The van der Waals surface area contributed by atoms with Crippen LogP contribution in [0.4, 0.5) is 0 Å². The minimum Gasteiger partial charge on any atom is -0.330 e. The summed E-state index contributed by atoms with van der Waals surface area (Å²) in [5.74, 6) is 0.728. The molecule has 1 aliphatic heterocycles. The fraction of sp³-hybridized carbons (Fsp3) is 1.00. The minimum absolute atomic E-state index is 0.728. The molecule has 0 saturated carbocycles. The van der Waals surface area contributed by atoms with Gasteiger partial charge in [-0.1, -0.05) is 6.42 Å². The summed E-state index contributed by atoms with van der Waals surface area (Å²) in [4.78, 5) is 0. The van der Waals surface area contributed by atoms with Crippen molar-refractivity contribution in [2.75, 3.05) is 19.6 Å². The van der Waals surface area contributed by atoms with Gasteiger partial charge in [0.15, 0.2) is 0 Å². The Labute approximate surface area is 61.7 Å². The molecule has 10 heavy (non-hydrogen) atoms. The molecule has 1 heterocycles. The van der Waals surface area contributed by atoms with Gasteiger partial charge in [-0.15, -0.1) is 0 Å². The summed E-state index contributed by atoms with van der Waals surface area (Å²) in [7, 11) is 0. The Morgan fingerprint density at radius 2 is 1.90 bits per heavy atom. The van der Waals surface area contributed by atoms with Crippen LogP contribution in [-0.4, -0.2) is 19.6 Å². The third kappa shape index (κ3) is 2.43. The first-order valence-corrected chi connectivity index (χ1v) is 3.97. The molecule has 0 aromatic rings. The van der Waals surface area contributed by atoms with E-state index in [0.717, 1.165) is 32.0 Å². The van der Waals surface area contributed by atoms with Gasteiger partial charge in [0.25, 0.3) is 0 Å². The van der Waals surface area contributed by atoms with Crippen LogP contribution in [0.25, 0.3) is 0 Å². The predicted octanol–water partition coefficient (Wildman–Crippen LogP) is 1.20. The highest BCUT2D eigenvalue weighted by Gasteiger charge is 2.10. The molecule has 0 unspecified atom stereocenters. The Balaban J connectivity index is 1.93. The first kappa shape index (κ1) is 7.66. The molecule has 0 radical (unpaired) electrons. The van der Waals surface area contributed by atoms with Gasteiger partial charge in [-0.25, -0.2) is 0 Å². The molecule has 3 nitrogen and oxygen atoms in total. The Morgan fingerprint density at radius 1 is 1.20 bits per heavy atom. The molecule has 0 atom stereocenters. The van der Waals surface area contributed by atoms with Crippen LogP contribution in [0.3, 0.4) is 0 Å². The molecular formula is C7H15N3. The first-order valence-electron chi connectivity index (χ1n) is 3.97. The molecule has 0 aromatic heterocycles. The van der Waals surface area contributed by atoms with E-state index in [9.17, 15) is 0 Å².